The average Bonchev–Trinajstić information content (AvgIpc) is 2.87. The zero-order valence-corrected chi connectivity index (χ0v) is 13.8. The highest BCUT2D eigenvalue weighted by atomic mass is 32.2. The Morgan fingerprint density at radius 1 is 1.29 bits per heavy atom. The summed E-state index contributed by atoms with van der Waals surface area (Å²) in [5.41, 5.74) is 0. The number of nitrogens with one attached hydrogen (secondary N) is 1. The lowest BCUT2D eigenvalue weighted by molar-refractivity contribution is 0.269. The summed E-state index contributed by atoms with van der Waals surface area (Å²) in [5, 5.41) is 12.7. The normalized spacial score (nSPS) is 12.2. The molecule has 0 bridgehead atoms. The first-order valence-corrected chi connectivity index (χ1v) is 9.07. The van der Waals surface area contributed by atoms with Crippen LogP contribution in [0.5, 0.6) is 0 Å². The predicted molar refractivity (Wildman–Crippen MR) is 82.4 cm³/mol. The maximum Gasteiger partial charge on any atom is 0.243 e. The van der Waals surface area contributed by atoms with Crippen LogP contribution in [0.3, 0.4) is 0 Å². The number of hydrogen-bond acceptors (Lipinski definition) is 4. The Bertz CT molecular complexity index is 497. The van der Waals surface area contributed by atoms with Crippen LogP contribution in [-0.2, 0) is 16.6 Å². The van der Waals surface area contributed by atoms with Gasteiger partial charge in [-0.15, -0.1) is 0 Å². The summed E-state index contributed by atoms with van der Waals surface area (Å²) >= 11 is 0. The van der Waals surface area contributed by atoms with E-state index < -0.39 is 10.0 Å². The van der Waals surface area contributed by atoms with E-state index in [-0.39, 0.29) is 11.5 Å². The molecule has 0 saturated carbocycles. The van der Waals surface area contributed by atoms with Crippen LogP contribution in [0.25, 0.3) is 0 Å². The smallest absolute Gasteiger partial charge is 0.243 e. The number of unbranched alkanes of at least 4 members (excludes halogenated alkanes) is 3. The quantitative estimate of drug-likeness (QED) is 0.609. The first-order valence-electron chi connectivity index (χ1n) is 7.58. The van der Waals surface area contributed by atoms with E-state index in [1.807, 2.05) is 0 Å². The number of aliphatic hydroxyl groups is 1. The molecule has 122 valence electrons. The van der Waals surface area contributed by atoms with Gasteiger partial charge in [0.05, 0.1) is 19.3 Å². The zero-order valence-electron chi connectivity index (χ0n) is 13.0. The van der Waals surface area contributed by atoms with E-state index in [4.69, 9.17) is 5.11 Å². The SMILES string of the molecule is CC(C)CCCCCCNS(=O)(=O)c1cnn(CCO)c1. The number of sulfonamides is 1. The molecule has 0 amide bonds. The van der Waals surface area contributed by atoms with Gasteiger partial charge in [0.25, 0.3) is 0 Å². The minimum absolute atomic E-state index is 0.0645. The molecule has 0 fully saturated rings. The first-order chi connectivity index (χ1) is 9.95. The van der Waals surface area contributed by atoms with Crippen molar-refractivity contribution in [1.82, 2.24) is 14.5 Å². The van der Waals surface area contributed by atoms with Gasteiger partial charge in [-0.25, -0.2) is 13.1 Å². The molecule has 7 heteroatoms. The standard InChI is InChI=1S/C14H27N3O3S/c1-13(2)7-5-3-4-6-8-16-21(19,20)14-11-15-17(12-14)9-10-18/h11-13,16,18H,3-10H2,1-2H3. The Labute approximate surface area is 127 Å². The monoisotopic (exact) mass is 317 g/mol. The largest absolute Gasteiger partial charge is 0.394 e. The van der Waals surface area contributed by atoms with Gasteiger partial charge < -0.3 is 5.11 Å². The maximum atomic E-state index is 12.0. The van der Waals surface area contributed by atoms with E-state index in [0.29, 0.717) is 13.1 Å². The van der Waals surface area contributed by atoms with E-state index in [1.54, 1.807) is 0 Å². The molecule has 1 aromatic heterocycles. The fourth-order valence-corrected chi connectivity index (χ4v) is 3.06. The lowest BCUT2D eigenvalue weighted by Crippen LogP contribution is -2.24. The Kier molecular flexibility index (Phi) is 7.92. The van der Waals surface area contributed by atoms with Crippen molar-refractivity contribution in [2.24, 2.45) is 5.92 Å². The number of hydrogen-bond donors (Lipinski definition) is 2. The molecule has 0 saturated heterocycles. The van der Waals surface area contributed by atoms with Crippen LogP contribution < -0.4 is 4.72 Å². The molecule has 1 aromatic rings. The maximum absolute atomic E-state index is 12.0. The third kappa shape index (κ3) is 7.06. The lowest BCUT2D eigenvalue weighted by Gasteiger charge is -2.06. The van der Waals surface area contributed by atoms with Gasteiger partial charge in [-0.1, -0.05) is 39.5 Å². The van der Waals surface area contributed by atoms with Gasteiger partial charge in [0, 0.05) is 12.7 Å². The average molecular weight is 317 g/mol. The van der Waals surface area contributed by atoms with Gasteiger partial charge in [-0.05, 0) is 12.3 Å². The Morgan fingerprint density at radius 2 is 2.00 bits per heavy atom. The van der Waals surface area contributed by atoms with Crippen LogP contribution in [-0.4, -0.2) is 36.5 Å². The fourth-order valence-electron chi connectivity index (χ4n) is 2.03. The van der Waals surface area contributed by atoms with Crippen molar-refractivity contribution in [2.75, 3.05) is 13.2 Å². The molecule has 21 heavy (non-hydrogen) atoms. The van der Waals surface area contributed by atoms with Crippen LogP contribution in [0.15, 0.2) is 17.3 Å². The van der Waals surface area contributed by atoms with Gasteiger partial charge in [0.15, 0.2) is 0 Å². The van der Waals surface area contributed by atoms with E-state index >= 15 is 0 Å². The molecule has 1 rings (SSSR count). The third-order valence-corrected chi connectivity index (χ3v) is 4.66. The van der Waals surface area contributed by atoms with Crippen LogP contribution in [0.1, 0.15) is 46.0 Å². The number of aromatic nitrogens is 2. The number of nitrogens with zero attached hydrogens (tertiary/aromatic N) is 2. The van der Waals surface area contributed by atoms with Gasteiger partial charge >= 0.3 is 0 Å². The summed E-state index contributed by atoms with van der Waals surface area (Å²) in [7, 11) is -3.48. The Hall–Kier alpha value is -0.920. The topological polar surface area (TPSA) is 84.2 Å². The molecule has 0 spiro atoms. The summed E-state index contributed by atoms with van der Waals surface area (Å²) in [6.07, 6.45) is 8.21. The summed E-state index contributed by atoms with van der Waals surface area (Å²) in [4.78, 5) is 0.149. The fraction of sp³-hybridized carbons (Fsp3) is 0.786. The molecule has 0 aliphatic rings. The lowest BCUT2D eigenvalue weighted by atomic mass is 10.0. The summed E-state index contributed by atoms with van der Waals surface area (Å²) < 4.78 is 28.0. The molecular formula is C14H27N3O3S. The van der Waals surface area contributed by atoms with Crippen molar-refractivity contribution in [3.63, 3.8) is 0 Å². The second kappa shape index (κ2) is 9.17. The van der Waals surface area contributed by atoms with Crippen molar-refractivity contribution in [3.05, 3.63) is 12.4 Å². The molecule has 1 heterocycles. The second-order valence-electron chi connectivity index (χ2n) is 5.66. The summed E-state index contributed by atoms with van der Waals surface area (Å²) in [6, 6.07) is 0. The molecule has 2 N–H and O–H groups in total. The van der Waals surface area contributed by atoms with Crippen molar-refractivity contribution in [3.8, 4) is 0 Å². The van der Waals surface area contributed by atoms with Crippen LogP contribution in [0.2, 0.25) is 0 Å². The van der Waals surface area contributed by atoms with Crippen LogP contribution >= 0.6 is 0 Å². The molecule has 0 aliphatic heterocycles. The molecule has 0 aromatic carbocycles. The van der Waals surface area contributed by atoms with Gasteiger partial charge in [-0.3, -0.25) is 4.68 Å². The molecule has 0 aliphatic carbocycles. The van der Waals surface area contributed by atoms with Crippen LogP contribution in [0, 0.1) is 5.92 Å². The van der Waals surface area contributed by atoms with E-state index in [2.05, 4.69) is 23.7 Å². The number of aliphatic hydroxyl groups excluding tert-OH is 1. The highest BCUT2D eigenvalue weighted by molar-refractivity contribution is 7.89. The van der Waals surface area contributed by atoms with Crippen molar-refractivity contribution < 1.29 is 13.5 Å². The van der Waals surface area contributed by atoms with Gasteiger partial charge in [-0.2, -0.15) is 5.10 Å². The van der Waals surface area contributed by atoms with Gasteiger partial charge in [0.2, 0.25) is 10.0 Å². The highest BCUT2D eigenvalue weighted by Gasteiger charge is 2.15. The predicted octanol–water partition coefficient (Wildman–Crippen LogP) is 1.76. The van der Waals surface area contributed by atoms with E-state index in [1.165, 1.54) is 29.9 Å². The molecule has 0 radical (unpaired) electrons. The summed E-state index contributed by atoms with van der Waals surface area (Å²) in [5.74, 6) is 0.735. The Morgan fingerprint density at radius 3 is 2.67 bits per heavy atom. The minimum Gasteiger partial charge on any atom is -0.394 e. The van der Waals surface area contributed by atoms with Crippen molar-refractivity contribution in [2.45, 2.75) is 57.4 Å². The summed E-state index contributed by atoms with van der Waals surface area (Å²) in [6.45, 7) is 5.11. The van der Waals surface area contributed by atoms with E-state index in [0.717, 1.165) is 25.2 Å². The Balaban J connectivity index is 2.26. The number of rotatable bonds is 11. The molecule has 6 nitrogen and oxygen atoms in total. The minimum atomic E-state index is -3.48. The van der Waals surface area contributed by atoms with Crippen molar-refractivity contribution in [1.29, 1.82) is 0 Å². The second-order valence-corrected chi connectivity index (χ2v) is 7.42. The molecule has 0 atom stereocenters. The van der Waals surface area contributed by atoms with Gasteiger partial charge in [0.1, 0.15) is 4.90 Å². The van der Waals surface area contributed by atoms with Crippen molar-refractivity contribution >= 4 is 10.0 Å². The highest BCUT2D eigenvalue weighted by Crippen LogP contribution is 2.10. The third-order valence-electron chi connectivity index (χ3n) is 3.25. The first kappa shape index (κ1) is 18.1. The van der Waals surface area contributed by atoms with E-state index in [9.17, 15) is 8.42 Å². The molecule has 0 unspecified atom stereocenters. The zero-order chi connectivity index (χ0) is 15.7. The molecular weight excluding hydrogens is 290 g/mol. The van der Waals surface area contributed by atoms with Crippen LogP contribution in [0.4, 0.5) is 0 Å².